The molecule has 0 bridgehead atoms. The summed E-state index contributed by atoms with van der Waals surface area (Å²) in [4.78, 5) is 41.5. The van der Waals surface area contributed by atoms with Crippen LogP contribution < -0.4 is 14.9 Å². The number of allylic oxidation sites excluding steroid dienone is 1. The highest BCUT2D eigenvalue weighted by molar-refractivity contribution is 7.07. The van der Waals surface area contributed by atoms with Crippen molar-refractivity contribution in [3.8, 4) is 0 Å². The van der Waals surface area contributed by atoms with E-state index >= 15 is 0 Å². The second-order valence-corrected chi connectivity index (χ2v) is 8.42. The number of non-ortho nitro benzene ring substituents is 1. The van der Waals surface area contributed by atoms with Crippen LogP contribution in [0.4, 0.5) is 5.69 Å². The second kappa shape index (κ2) is 8.52. The number of carbonyl (C=O) groups excluding carboxylic acids is 1. The number of nitro groups is 1. The molecule has 0 unspecified atom stereocenters. The Morgan fingerprint density at radius 1 is 1.28 bits per heavy atom. The van der Waals surface area contributed by atoms with Gasteiger partial charge >= 0.3 is 5.97 Å². The van der Waals surface area contributed by atoms with Crippen molar-refractivity contribution < 1.29 is 14.5 Å². The molecule has 1 aliphatic rings. The lowest BCUT2D eigenvalue weighted by molar-refractivity contribution is -0.384. The Morgan fingerprint density at radius 2 is 2.00 bits per heavy atom. The van der Waals surface area contributed by atoms with E-state index in [9.17, 15) is 19.7 Å². The fourth-order valence-electron chi connectivity index (χ4n) is 3.53. The molecule has 4 rings (SSSR count). The maximum absolute atomic E-state index is 13.4. The predicted octanol–water partition coefficient (Wildman–Crippen LogP) is 2.97. The predicted molar refractivity (Wildman–Crippen MR) is 120 cm³/mol. The number of fused-ring (bicyclic) bond motifs is 1. The molecule has 2 heterocycles. The molecule has 8 nitrogen and oxygen atoms in total. The normalized spacial score (nSPS) is 15.8. The van der Waals surface area contributed by atoms with E-state index in [1.54, 1.807) is 49.4 Å². The van der Waals surface area contributed by atoms with Gasteiger partial charge in [-0.3, -0.25) is 19.5 Å². The summed E-state index contributed by atoms with van der Waals surface area (Å²) in [5, 5.41) is 11.6. The van der Waals surface area contributed by atoms with Gasteiger partial charge in [-0.2, -0.15) is 0 Å². The summed E-state index contributed by atoms with van der Waals surface area (Å²) >= 11 is 7.17. The number of thiazole rings is 1. The minimum atomic E-state index is -0.747. The standard InChI is InChI=1S/C22H16ClN3O5S/c1-12-18(21(28)31-2)19(14-6-8-15(23)9-7-14)25-20(27)17(32-22(25)24-12)11-13-4-3-5-16(10-13)26(29)30/h3-11,19H,1-2H3/b17-11-/t19-/m1/s1. The molecule has 3 aromatic rings. The number of ether oxygens (including phenoxy) is 1. The Balaban J connectivity index is 1.95. The summed E-state index contributed by atoms with van der Waals surface area (Å²) < 4.78 is 6.74. The van der Waals surface area contributed by atoms with E-state index in [2.05, 4.69) is 4.99 Å². The van der Waals surface area contributed by atoms with Crippen molar-refractivity contribution in [1.82, 2.24) is 4.57 Å². The number of esters is 1. The first-order valence-corrected chi connectivity index (χ1v) is 10.6. The average Bonchev–Trinajstić information content (AvgIpc) is 3.07. The number of nitro benzene ring substituents is 1. The molecule has 1 aromatic heterocycles. The fraction of sp³-hybridized carbons (Fsp3) is 0.136. The molecule has 0 saturated heterocycles. The molecule has 1 aliphatic heterocycles. The van der Waals surface area contributed by atoms with Gasteiger partial charge in [-0.15, -0.1) is 0 Å². The minimum Gasteiger partial charge on any atom is -0.466 e. The molecule has 0 radical (unpaired) electrons. The van der Waals surface area contributed by atoms with Crippen LogP contribution in [0.25, 0.3) is 6.08 Å². The van der Waals surface area contributed by atoms with Crippen molar-refractivity contribution in [2.75, 3.05) is 7.11 Å². The smallest absolute Gasteiger partial charge is 0.338 e. The third-order valence-electron chi connectivity index (χ3n) is 4.99. The van der Waals surface area contributed by atoms with Gasteiger partial charge in [0.05, 0.1) is 33.9 Å². The van der Waals surface area contributed by atoms with Gasteiger partial charge in [-0.25, -0.2) is 9.79 Å². The Labute approximate surface area is 190 Å². The zero-order valence-corrected chi connectivity index (χ0v) is 18.5. The van der Waals surface area contributed by atoms with Gasteiger partial charge in [-0.1, -0.05) is 47.2 Å². The number of nitrogens with zero attached hydrogens (tertiary/aromatic N) is 3. The zero-order valence-electron chi connectivity index (χ0n) is 16.9. The maximum atomic E-state index is 13.4. The second-order valence-electron chi connectivity index (χ2n) is 6.98. The van der Waals surface area contributed by atoms with Crippen molar-refractivity contribution in [2.45, 2.75) is 13.0 Å². The maximum Gasteiger partial charge on any atom is 0.338 e. The van der Waals surface area contributed by atoms with Gasteiger partial charge in [0.25, 0.3) is 11.2 Å². The topological polar surface area (TPSA) is 104 Å². The molecule has 32 heavy (non-hydrogen) atoms. The fourth-order valence-corrected chi connectivity index (χ4v) is 4.71. The van der Waals surface area contributed by atoms with E-state index in [0.717, 1.165) is 11.3 Å². The van der Waals surface area contributed by atoms with Crippen molar-refractivity contribution in [3.63, 3.8) is 0 Å². The van der Waals surface area contributed by atoms with Crippen LogP contribution in [0.3, 0.4) is 0 Å². The molecule has 0 N–H and O–H groups in total. The summed E-state index contributed by atoms with van der Waals surface area (Å²) in [5.41, 5.74) is 1.44. The molecule has 0 fully saturated rings. The summed E-state index contributed by atoms with van der Waals surface area (Å²) in [7, 11) is 1.27. The van der Waals surface area contributed by atoms with Gasteiger partial charge < -0.3 is 4.74 Å². The van der Waals surface area contributed by atoms with Crippen molar-refractivity contribution in [2.24, 2.45) is 4.99 Å². The van der Waals surface area contributed by atoms with E-state index in [0.29, 0.717) is 31.2 Å². The Kier molecular flexibility index (Phi) is 5.77. The number of hydrogen-bond acceptors (Lipinski definition) is 7. The van der Waals surface area contributed by atoms with Crippen molar-refractivity contribution >= 4 is 40.7 Å². The largest absolute Gasteiger partial charge is 0.466 e. The molecule has 0 aliphatic carbocycles. The highest BCUT2D eigenvalue weighted by atomic mass is 35.5. The van der Waals surface area contributed by atoms with Gasteiger partial charge in [0.2, 0.25) is 0 Å². The monoisotopic (exact) mass is 469 g/mol. The average molecular weight is 470 g/mol. The molecule has 10 heteroatoms. The molecule has 0 saturated carbocycles. The number of benzene rings is 2. The first-order valence-electron chi connectivity index (χ1n) is 9.41. The third-order valence-corrected chi connectivity index (χ3v) is 6.23. The van der Waals surface area contributed by atoms with Gasteiger partial charge in [0.15, 0.2) is 4.80 Å². The van der Waals surface area contributed by atoms with Crippen LogP contribution in [0.1, 0.15) is 24.1 Å². The van der Waals surface area contributed by atoms with E-state index in [1.165, 1.54) is 23.8 Å². The van der Waals surface area contributed by atoms with E-state index < -0.39 is 16.9 Å². The quantitative estimate of drug-likeness (QED) is 0.332. The molecular formula is C22H16ClN3O5S. The van der Waals surface area contributed by atoms with Crippen LogP contribution in [-0.2, 0) is 9.53 Å². The third kappa shape index (κ3) is 3.88. The molecule has 1 atom stereocenters. The molecule has 0 spiro atoms. The number of halogens is 1. The first kappa shape index (κ1) is 21.7. The highest BCUT2D eigenvalue weighted by Crippen LogP contribution is 2.31. The lowest BCUT2D eigenvalue weighted by Gasteiger charge is -2.24. The first-order chi connectivity index (χ1) is 15.3. The van der Waals surface area contributed by atoms with Crippen molar-refractivity contribution in [3.05, 3.63) is 106 Å². The number of rotatable bonds is 4. The van der Waals surface area contributed by atoms with Crippen LogP contribution >= 0.6 is 22.9 Å². The Morgan fingerprint density at radius 3 is 2.66 bits per heavy atom. The van der Waals surface area contributed by atoms with Gasteiger partial charge in [0, 0.05) is 17.2 Å². The summed E-state index contributed by atoms with van der Waals surface area (Å²) in [6, 6.07) is 12.1. The van der Waals surface area contributed by atoms with Crippen LogP contribution in [0.5, 0.6) is 0 Å². The molecule has 162 valence electrons. The lowest BCUT2D eigenvalue weighted by Crippen LogP contribution is -2.39. The SMILES string of the molecule is COC(=O)C1=C(C)N=c2s/c(=C\c3cccc([N+](=O)[O-])c3)c(=O)n2[C@@H]1c1ccc(Cl)cc1. The molecule has 0 amide bonds. The van der Waals surface area contributed by atoms with Crippen LogP contribution in [0.2, 0.25) is 5.02 Å². The minimum absolute atomic E-state index is 0.0746. The van der Waals surface area contributed by atoms with E-state index in [-0.39, 0.29) is 16.8 Å². The zero-order chi connectivity index (χ0) is 23.0. The van der Waals surface area contributed by atoms with Crippen LogP contribution in [-0.4, -0.2) is 22.6 Å². The number of hydrogen-bond donors (Lipinski definition) is 0. The summed E-state index contributed by atoms with van der Waals surface area (Å²) in [5.74, 6) is -0.584. The van der Waals surface area contributed by atoms with Gasteiger partial charge in [0.1, 0.15) is 0 Å². The lowest BCUT2D eigenvalue weighted by atomic mass is 9.96. The number of carbonyl (C=O) groups is 1. The summed E-state index contributed by atoms with van der Waals surface area (Å²) in [6.07, 6.45) is 1.58. The highest BCUT2D eigenvalue weighted by Gasteiger charge is 2.33. The van der Waals surface area contributed by atoms with Crippen molar-refractivity contribution in [1.29, 1.82) is 0 Å². The summed E-state index contributed by atoms with van der Waals surface area (Å²) in [6.45, 7) is 1.69. The Bertz CT molecular complexity index is 1450. The number of aromatic nitrogens is 1. The van der Waals surface area contributed by atoms with Crippen LogP contribution in [0, 0.1) is 10.1 Å². The number of methoxy groups -OCH3 is 1. The Hall–Kier alpha value is -3.56. The van der Waals surface area contributed by atoms with E-state index in [1.807, 2.05) is 0 Å². The molecule has 2 aromatic carbocycles. The molecular weight excluding hydrogens is 454 g/mol. The van der Waals surface area contributed by atoms with Gasteiger partial charge in [-0.05, 0) is 36.3 Å². The van der Waals surface area contributed by atoms with E-state index in [4.69, 9.17) is 16.3 Å². The van der Waals surface area contributed by atoms with Crippen LogP contribution in [0.15, 0.2) is 69.6 Å².